The third-order valence-electron chi connectivity index (χ3n) is 4.67. The average Bonchev–Trinajstić information content (AvgIpc) is 3.09. The van der Waals surface area contributed by atoms with Crippen molar-refractivity contribution < 1.29 is 23.1 Å². The van der Waals surface area contributed by atoms with Crippen molar-refractivity contribution >= 4 is 39.4 Å². The highest BCUT2D eigenvalue weighted by Gasteiger charge is 2.14. The van der Waals surface area contributed by atoms with Crippen molar-refractivity contribution in [2.45, 2.75) is 6.42 Å². The van der Waals surface area contributed by atoms with Crippen LogP contribution in [0.4, 0.5) is 10.1 Å². The molecular weight excluding hydrogens is 387 g/mol. The van der Waals surface area contributed by atoms with Crippen molar-refractivity contribution in [1.29, 1.82) is 0 Å². The molecule has 0 radical (unpaired) electrons. The van der Waals surface area contributed by atoms with Crippen LogP contribution in [0, 0.1) is 5.82 Å². The summed E-state index contributed by atoms with van der Waals surface area (Å²) in [6, 6.07) is 16.9. The van der Waals surface area contributed by atoms with Crippen LogP contribution in [-0.4, -0.2) is 25.5 Å². The molecule has 0 fully saturated rings. The van der Waals surface area contributed by atoms with Gasteiger partial charge in [-0.25, -0.2) is 4.39 Å². The number of fused-ring (bicyclic) bond motifs is 3. The highest BCUT2D eigenvalue weighted by Crippen LogP contribution is 2.36. The first-order valence-corrected chi connectivity index (χ1v) is 9.34. The van der Waals surface area contributed by atoms with Crippen LogP contribution in [0.15, 0.2) is 65.1 Å². The summed E-state index contributed by atoms with van der Waals surface area (Å²) in [4.78, 5) is 24.4. The van der Waals surface area contributed by atoms with Crippen LogP contribution in [0.3, 0.4) is 0 Å². The van der Waals surface area contributed by atoms with Gasteiger partial charge in [-0.2, -0.15) is 0 Å². The van der Waals surface area contributed by atoms with Gasteiger partial charge in [0.15, 0.2) is 0 Å². The first-order chi connectivity index (χ1) is 14.5. The monoisotopic (exact) mass is 406 g/mol. The first-order valence-electron chi connectivity index (χ1n) is 9.34. The van der Waals surface area contributed by atoms with Gasteiger partial charge in [-0.05, 0) is 29.8 Å². The lowest BCUT2D eigenvalue weighted by molar-refractivity contribution is -0.123. The number of amides is 2. The molecule has 0 spiro atoms. The summed E-state index contributed by atoms with van der Waals surface area (Å²) in [6.45, 7) is -0.227. The third kappa shape index (κ3) is 4.10. The van der Waals surface area contributed by atoms with Gasteiger partial charge >= 0.3 is 0 Å². The number of nitrogens with one attached hydrogen (secondary N) is 2. The lowest BCUT2D eigenvalue weighted by Crippen LogP contribution is -2.33. The molecule has 4 aromatic rings. The molecule has 30 heavy (non-hydrogen) atoms. The second kappa shape index (κ2) is 8.24. The summed E-state index contributed by atoms with van der Waals surface area (Å²) in [5.74, 6) is -0.730. The molecule has 0 saturated heterocycles. The highest BCUT2D eigenvalue weighted by molar-refractivity contribution is 6.08. The van der Waals surface area contributed by atoms with E-state index >= 15 is 0 Å². The number of rotatable bonds is 6. The lowest BCUT2D eigenvalue weighted by Gasteiger charge is -2.11. The van der Waals surface area contributed by atoms with Crippen molar-refractivity contribution in [1.82, 2.24) is 5.32 Å². The molecule has 2 amide bonds. The molecule has 4 rings (SSSR count). The Morgan fingerprint density at radius 2 is 1.80 bits per heavy atom. The number of hydrogen-bond acceptors (Lipinski definition) is 4. The number of para-hydroxylation sites is 1. The molecule has 6 nitrogen and oxygen atoms in total. The van der Waals surface area contributed by atoms with Crippen LogP contribution in [0.5, 0.6) is 5.75 Å². The van der Waals surface area contributed by atoms with E-state index < -0.39 is 11.7 Å². The zero-order valence-corrected chi connectivity index (χ0v) is 16.2. The molecule has 3 aromatic carbocycles. The Morgan fingerprint density at radius 1 is 0.967 bits per heavy atom. The molecule has 1 heterocycles. The smallest absolute Gasteiger partial charge is 0.243 e. The van der Waals surface area contributed by atoms with Crippen LogP contribution in [0.25, 0.3) is 21.9 Å². The van der Waals surface area contributed by atoms with Crippen LogP contribution in [0.2, 0.25) is 0 Å². The second-order valence-corrected chi connectivity index (χ2v) is 6.78. The molecule has 152 valence electrons. The van der Waals surface area contributed by atoms with Gasteiger partial charge in [-0.1, -0.05) is 30.3 Å². The van der Waals surface area contributed by atoms with E-state index in [1.165, 1.54) is 25.3 Å². The SMILES string of the molecule is COc1cc2c(cc1NC(=O)CNC(=O)Cc1cccc(F)c1)oc1ccccc12. The van der Waals surface area contributed by atoms with Gasteiger partial charge in [0.2, 0.25) is 11.8 Å². The Kier molecular flexibility index (Phi) is 5.34. The molecule has 7 heteroatoms. The Hall–Kier alpha value is -3.87. The molecule has 0 unspecified atom stereocenters. The minimum Gasteiger partial charge on any atom is -0.495 e. The number of benzene rings is 3. The predicted molar refractivity (Wildman–Crippen MR) is 112 cm³/mol. The largest absolute Gasteiger partial charge is 0.495 e. The Labute approximate surface area is 171 Å². The van der Waals surface area contributed by atoms with Crippen molar-refractivity contribution in [2.75, 3.05) is 19.0 Å². The van der Waals surface area contributed by atoms with E-state index in [2.05, 4.69) is 10.6 Å². The molecule has 0 aliphatic rings. The molecule has 0 aliphatic carbocycles. The van der Waals surface area contributed by atoms with Crippen LogP contribution in [-0.2, 0) is 16.0 Å². The summed E-state index contributed by atoms with van der Waals surface area (Å²) in [5, 5.41) is 7.09. The van der Waals surface area contributed by atoms with E-state index in [1.54, 1.807) is 18.2 Å². The van der Waals surface area contributed by atoms with Crippen molar-refractivity contribution in [2.24, 2.45) is 0 Å². The van der Waals surface area contributed by atoms with E-state index in [4.69, 9.17) is 9.15 Å². The number of anilines is 1. The summed E-state index contributed by atoms with van der Waals surface area (Å²) >= 11 is 0. The Bertz CT molecular complexity index is 1250. The molecule has 1 aromatic heterocycles. The van der Waals surface area contributed by atoms with Gasteiger partial charge in [-0.3, -0.25) is 9.59 Å². The van der Waals surface area contributed by atoms with Gasteiger partial charge in [0.1, 0.15) is 22.7 Å². The molecule has 0 atom stereocenters. The average molecular weight is 406 g/mol. The molecule has 0 bridgehead atoms. The van der Waals surface area contributed by atoms with E-state index in [1.807, 2.05) is 24.3 Å². The zero-order chi connectivity index (χ0) is 21.1. The number of furan rings is 1. The fourth-order valence-corrected chi connectivity index (χ4v) is 3.29. The first kappa shape index (κ1) is 19.4. The van der Waals surface area contributed by atoms with Gasteiger partial charge in [0.05, 0.1) is 25.8 Å². The summed E-state index contributed by atoms with van der Waals surface area (Å²) in [7, 11) is 1.51. The van der Waals surface area contributed by atoms with Gasteiger partial charge in [0, 0.05) is 16.8 Å². The predicted octanol–water partition coefficient (Wildman–Crippen LogP) is 4.03. The summed E-state index contributed by atoms with van der Waals surface area (Å²) < 4.78 is 24.5. The molecule has 0 saturated carbocycles. The second-order valence-electron chi connectivity index (χ2n) is 6.78. The third-order valence-corrected chi connectivity index (χ3v) is 4.67. The maximum Gasteiger partial charge on any atom is 0.243 e. The maximum absolute atomic E-state index is 13.2. The maximum atomic E-state index is 13.2. The number of ether oxygens (including phenoxy) is 1. The fourth-order valence-electron chi connectivity index (χ4n) is 3.29. The van der Waals surface area contributed by atoms with Crippen molar-refractivity contribution in [3.05, 3.63) is 72.0 Å². The normalized spacial score (nSPS) is 10.9. The van der Waals surface area contributed by atoms with Gasteiger partial charge in [-0.15, -0.1) is 0 Å². The number of halogens is 1. The molecule has 2 N–H and O–H groups in total. The zero-order valence-electron chi connectivity index (χ0n) is 16.2. The molecular formula is C23H19FN2O4. The van der Waals surface area contributed by atoms with Gasteiger partial charge in [0.25, 0.3) is 0 Å². The van der Waals surface area contributed by atoms with E-state index in [0.717, 1.165) is 16.4 Å². The number of hydrogen-bond donors (Lipinski definition) is 2. The Morgan fingerprint density at radius 3 is 2.60 bits per heavy atom. The summed E-state index contributed by atoms with van der Waals surface area (Å²) in [5.41, 5.74) is 2.32. The minimum absolute atomic E-state index is 0.0146. The Balaban J connectivity index is 1.44. The van der Waals surface area contributed by atoms with Crippen LogP contribution in [0.1, 0.15) is 5.56 Å². The van der Waals surface area contributed by atoms with Crippen molar-refractivity contribution in [3.63, 3.8) is 0 Å². The minimum atomic E-state index is -0.420. The highest BCUT2D eigenvalue weighted by atomic mass is 19.1. The lowest BCUT2D eigenvalue weighted by atomic mass is 10.1. The molecule has 0 aliphatic heterocycles. The fraction of sp³-hybridized carbons (Fsp3) is 0.130. The van der Waals surface area contributed by atoms with E-state index in [-0.39, 0.29) is 18.9 Å². The number of carbonyl (C=O) groups is 2. The van der Waals surface area contributed by atoms with Crippen molar-refractivity contribution in [3.8, 4) is 5.75 Å². The van der Waals surface area contributed by atoms with E-state index in [9.17, 15) is 14.0 Å². The topological polar surface area (TPSA) is 80.6 Å². The van der Waals surface area contributed by atoms with Crippen LogP contribution < -0.4 is 15.4 Å². The summed E-state index contributed by atoms with van der Waals surface area (Å²) in [6.07, 6.45) is -0.0146. The van der Waals surface area contributed by atoms with Crippen LogP contribution >= 0.6 is 0 Å². The number of methoxy groups -OCH3 is 1. The quantitative estimate of drug-likeness (QED) is 0.507. The standard InChI is InChI=1S/C23H19FN2O4/c1-29-21-11-17-16-7-2-3-8-19(16)30-20(17)12-18(21)26-23(28)13-25-22(27)10-14-5-4-6-15(24)9-14/h2-9,11-12H,10,13H2,1H3,(H,25,27)(H,26,28). The van der Waals surface area contributed by atoms with Gasteiger partial charge < -0.3 is 19.8 Å². The number of carbonyl (C=O) groups excluding carboxylic acids is 2. The van der Waals surface area contributed by atoms with E-state index in [0.29, 0.717) is 22.6 Å².